The zero-order chi connectivity index (χ0) is 12.5. The molecule has 0 saturated heterocycles. The average molecular weight is 259 g/mol. The Balaban J connectivity index is 1.98. The number of aromatic nitrogens is 1. The van der Waals surface area contributed by atoms with Crippen molar-refractivity contribution in [1.29, 1.82) is 0 Å². The van der Waals surface area contributed by atoms with Crippen LogP contribution in [0.25, 0.3) is 10.2 Å². The Labute approximate surface area is 111 Å². The second-order valence-electron chi connectivity index (χ2n) is 5.11. The summed E-state index contributed by atoms with van der Waals surface area (Å²) in [5.41, 5.74) is 1.12. The number of carbonyl (C=O) groups is 1. The predicted molar refractivity (Wildman–Crippen MR) is 75.3 cm³/mol. The molecule has 1 saturated carbocycles. The van der Waals surface area contributed by atoms with E-state index in [0.717, 1.165) is 33.5 Å². The van der Waals surface area contributed by atoms with E-state index < -0.39 is 0 Å². The van der Waals surface area contributed by atoms with Gasteiger partial charge >= 0.3 is 0 Å². The first-order valence-corrected chi connectivity index (χ1v) is 7.47. The maximum Gasteiger partial charge on any atom is 0.176 e. The van der Waals surface area contributed by atoms with Crippen LogP contribution in [0.5, 0.6) is 0 Å². The monoisotopic (exact) mass is 259 g/mol. The van der Waals surface area contributed by atoms with Gasteiger partial charge in [0.2, 0.25) is 0 Å². The zero-order valence-electron chi connectivity index (χ0n) is 10.6. The highest BCUT2D eigenvalue weighted by Gasteiger charge is 2.25. The molecule has 0 spiro atoms. The highest BCUT2D eigenvalue weighted by atomic mass is 32.1. The minimum atomic E-state index is 0.255. The van der Waals surface area contributed by atoms with Crippen LogP contribution in [-0.2, 0) is 0 Å². The molecular formula is C15H17NOS. The quantitative estimate of drug-likeness (QED) is 0.750. The van der Waals surface area contributed by atoms with Gasteiger partial charge in [0.25, 0.3) is 0 Å². The Hall–Kier alpha value is -1.22. The van der Waals surface area contributed by atoms with Gasteiger partial charge in [-0.3, -0.25) is 4.79 Å². The normalized spacial score (nSPS) is 17.2. The summed E-state index contributed by atoms with van der Waals surface area (Å²) in [5, 5.41) is 1.14. The number of Topliss-reactive ketones (excluding diaryl/α,β-unsaturated/α-hetero) is 1. The molecular weight excluding hydrogens is 242 g/mol. The first-order valence-electron chi connectivity index (χ1n) is 6.65. The topological polar surface area (TPSA) is 30.0 Å². The largest absolute Gasteiger partial charge is 0.293 e. The van der Waals surface area contributed by atoms with Crippen LogP contribution in [0.2, 0.25) is 0 Å². The Morgan fingerprint density at radius 1 is 1.33 bits per heavy atom. The molecule has 0 radical (unpaired) electrons. The third-order valence-electron chi connectivity index (χ3n) is 3.91. The van der Waals surface area contributed by atoms with E-state index >= 15 is 0 Å². The van der Waals surface area contributed by atoms with Crippen LogP contribution < -0.4 is 0 Å². The lowest BCUT2D eigenvalue weighted by Gasteiger charge is -2.19. The van der Waals surface area contributed by atoms with Crippen LogP contribution in [0.1, 0.15) is 47.3 Å². The molecule has 3 heteroatoms. The lowest BCUT2D eigenvalue weighted by Crippen LogP contribution is -2.17. The third kappa shape index (κ3) is 1.97. The van der Waals surface area contributed by atoms with E-state index in [4.69, 9.17) is 0 Å². The molecule has 0 N–H and O–H groups in total. The number of carbonyl (C=O) groups excluding carboxylic acids is 1. The second-order valence-corrected chi connectivity index (χ2v) is 6.11. The maximum atomic E-state index is 12.6. The van der Waals surface area contributed by atoms with Gasteiger partial charge in [0.05, 0.1) is 4.88 Å². The van der Waals surface area contributed by atoms with Crippen LogP contribution in [-0.4, -0.2) is 10.8 Å². The molecule has 2 aromatic heterocycles. The van der Waals surface area contributed by atoms with Crippen molar-refractivity contribution in [3.8, 4) is 0 Å². The third-order valence-corrected chi connectivity index (χ3v) is 5.14. The number of ketones is 1. The number of hydrogen-bond donors (Lipinski definition) is 0. The fraction of sp³-hybridized carbons (Fsp3) is 0.467. The van der Waals surface area contributed by atoms with Gasteiger partial charge in [0.1, 0.15) is 4.83 Å². The van der Waals surface area contributed by atoms with E-state index in [0.29, 0.717) is 5.78 Å². The Bertz CT molecular complexity index is 581. The summed E-state index contributed by atoms with van der Waals surface area (Å²) in [4.78, 5) is 18.9. The van der Waals surface area contributed by atoms with Crippen molar-refractivity contribution < 1.29 is 4.79 Å². The molecule has 0 amide bonds. The minimum absolute atomic E-state index is 0.255. The summed E-state index contributed by atoms with van der Waals surface area (Å²) < 4.78 is 0. The van der Waals surface area contributed by atoms with E-state index in [-0.39, 0.29) is 5.92 Å². The summed E-state index contributed by atoms with van der Waals surface area (Å²) >= 11 is 1.56. The van der Waals surface area contributed by atoms with E-state index in [1.165, 1.54) is 19.3 Å². The van der Waals surface area contributed by atoms with Gasteiger partial charge in [-0.2, -0.15) is 0 Å². The first kappa shape index (κ1) is 11.8. The summed E-state index contributed by atoms with van der Waals surface area (Å²) in [6, 6.07) is 4.00. The van der Waals surface area contributed by atoms with Crippen LogP contribution in [0.15, 0.2) is 18.3 Å². The Kier molecular flexibility index (Phi) is 3.16. The van der Waals surface area contributed by atoms with E-state index in [9.17, 15) is 4.79 Å². The lowest BCUT2D eigenvalue weighted by atomic mass is 9.85. The molecule has 1 fully saturated rings. The molecule has 0 atom stereocenters. The number of thiophene rings is 1. The molecule has 1 aliphatic carbocycles. The van der Waals surface area contributed by atoms with Gasteiger partial charge in [0.15, 0.2) is 5.78 Å². The van der Waals surface area contributed by atoms with Crippen molar-refractivity contribution in [3.63, 3.8) is 0 Å². The fourth-order valence-corrected chi connectivity index (χ4v) is 4.01. The SMILES string of the molecule is Cc1c(C(=O)C2CCCCC2)sc2ncccc12. The number of hydrogen-bond acceptors (Lipinski definition) is 3. The predicted octanol–water partition coefficient (Wildman–Crippen LogP) is 4.37. The van der Waals surface area contributed by atoms with Gasteiger partial charge < -0.3 is 0 Å². The zero-order valence-corrected chi connectivity index (χ0v) is 11.4. The highest BCUT2D eigenvalue weighted by molar-refractivity contribution is 7.20. The van der Waals surface area contributed by atoms with Crippen molar-refractivity contribution in [2.24, 2.45) is 5.92 Å². The van der Waals surface area contributed by atoms with E-state index in [1.807, 2.05) is 6.07 Å². The van der Waals surface area contributed by atoms with Crippen molar-refractivity contribution in [2.75, 3.05) is 0 Å². The van der Waals surface area contributed by atoms with Crippen molar-refractivity contribution in [3.05, 3.63) is 28.8 Å². The molecule has 0 aromatic carbocycles. The molecule has 2 nitrogen and oxygen atoms in total. The highest BCUT2D eigenvalue weighted by Crippen LogP contribution is 2.34. The van der Waals surface area contributed by atoms with Gasteiger partial charge in [-0.05, 0) is 31.4 Å². The molecule has 0 unspecified atom stereocenters. The standard InChI is InChI=1S/C15H17NOS/c1-10-12-8-5-9-16-15(12)18-14(10)13(17)11-6-3-2-4-7-11/h5,8-9,11H,2-4,6-7H2,1H3. The Morgan fingerprint density at radius 2 is 2.11 bits per heavy atom. The van der Waals surface area contributed by atoms with Gasteiger partial charge in [-0.25, -0.2) is 4.98 Å². The smallest absolute Gasteiger partial charge is 0.176 e. The lowest BCUT2D eigenvalue weighted by molar-refractivity contribution is 0.0893. The number of nitrogens with zero attached hydrogens (tertiary/aromatic N) is 1. The summed E-state index contributed by atoms with van der Waals surface area (Å²) in [5.74, 6) is 0.612. The first-order chi connectivity index (χ1) is 8.77. The van der Waals surface area contributed by atoms with Crippen LogP contribution in [0.4, 0.5) is 0 Å². The summed E-state index contributed by atoms with van der Waals surface area (Å²) in [6.45, 7) is 2.05. The number of rotatable bonds is 2. The molecule has 18 heavy (non-hydrogen) atoms. The van der Waals surface area contributed by atoms with Crippen LogP contribution in [0, 0.1) is 12.8 Å². The van der Waals surface area contributed by atoms with E-state index in [2.05, 4.69) is 18.0 Å². The average Bonchev–Trinajstić information content (AvgIpc) is 2.77. The fourth-order valence-electron chi connectivity index (χ4n) is 2.84. The summed E-state index contributed by atoms with van der Waals surface area (Å²) in [7, 11) is 0. The van der Waals surface area contributed by atoms with Crippen molar-refractivity contribution in [1.82, 2.24) is 4.98 Å². The van der Waals surface area contributed by atoms with Crippen LogP contribution in [0.3, 0.4) is 0 Å². The molecule has 3 rings (SSSR count). The molecule has 0 bridgehead atoms. The molecule has 0 aliphatic heterocycles. The van der Waals surface area contributed by atoms with E-state index in [1.54, 1.807) is 17.5 Å². The second kappa shape index (κ2) is 4.81. The van der Waals surface area contributed by atoms with Gasteiger partial charge in [0, 0.05) is 17.5 Å². The van der Waals surface area contributed by atoms with Crippen molar-refractivity contribution >= 4 is 27.3 Å². The minimum Gasteiger partial charge on any atom is -0.293 e. The number of fused-ring (bicyclic) bond motifs is 1. The van der Waals surface area contributed by atoms with Gasteiger partial charge in [-0.15, -0.1) is 11.3 Å². The van der Waals surface area contributed by atoms with Crippen LogP contribution >= 0.6 is 11.3 Å². The molecule has 1 aliphatic rings. The summed E-state index contributed by atoms with van der Waals surface area (Å²) in [6.07, 6.45) is 7.64. The number of pyridine rings is 1. The van der Waals surface area contributed by atoms with Gasteiger partial charge in [-0.1, -0.05) is 25.3 Å². The number of aryl methyl sites for hydroxylation is 1. The Morgan fingerprint density at radius 3 is 2.83 bits per heavy atom. The van der Waals surface area contributed by atoms with Crippen molar-refractivity contribution in [2.45, 2.75) is 39.0 Å². The molecule has 2 heterocycles. The molecule has 2 aromatic rings. The maximum absolute atomic E-state index is 12.6. The molecule has 94 valence electrons.